The van der Waals surface area contributed by atoms with E-state index in [9.17, 15) is 4.79 Å². The number of carbonyl (C=O) groups excluding carboxylic acids is 1. The van der Waals surface area contributed by atoms with E-state index >= 15 is 0 Å². The highest BCUT2D eigenvalue weighted by Gasteiger charge is 2.05. The van der Waals surface area contributed by atoms with E-state index in [1.807, 2.05) is 26.0 Å². The lowest BCUT2D eigenvalue weighted by Gasteiger charge is -2.09. The van der Waals surface area contributed by atoms with E-state index in [0.29, 0.717) is 17.1 Å². The van der Waals surface area contributed by atoms with Gasteiger partial charge in [-0.05, 0) is 43.2 Å². The summed E-state index contributed by atoms with van der Waals surface area (Å²) in [5.41, 5.74) is 2.38. The number of pyridine rings is 1. The fraction of sp³-hybridized carbons (Fsp3) is 0.143. The third-order valence-electron chi connectivity index (χ3n) is 2.52. The van der Waals surface area contributed by atoms with Crippen molar-refractivity contribution in [3.8, 4) is 11.5 Å². The van der Waals surface area contributed by atoms with Crippen LogP contribution in [-0.4, -0.2) is 11.3 Å². The van der Waals surface area contributed by atoms with Crippen molar-refractivity contribution in [2.45, 2.75) is 13.8 Å². The Hall–Kier alpha value is -1.87. The molecule has 18 heavy (non-hydrogen) atoms. The number of nitrogens with zero attached hydrogens (tertiary/aromatic N) is 1. The van der Waals surface area contributed by atoms with Gasteiger partial charge in [0.05, 0.1) is 6.20 Å². The van der Waals surface area contributed by atoms with Crippen LogP contribution < -0.4 is 4.74 Å². The fourth-order valence-electron chi connectivity index (χ4n) is 1.66. The largest absolute Gasteiger partial charge is 0.456 e. The van der Waals surface area contributed by atoms with E-state index in [4.69, 9.17) is 16.3 Å². The molecule has 0 bridgehead atoms. The molecule has 1 aromatic heterocycles. The molecule has 2 aromatic rings. The molecule has 0 atom stereocenters. The van der Waals surface area contributed by atoms with Gasteiger partial charge in [-0.25, -0.2) is 0 Å². The molecule has 0 N–H and O–H groups in total. The van der Waals surface area contributed by atoms with Crippen LogP contribution in [0, 0.1) is 13.8 Å². The standard InChI is InChI=1S/C14H12ClNO2/c1-9-3-12(4-10(2)14(9)15)18-13-5-11(8-17)6-16-7-13/h3-8H,1-2H3. The highest BCUT2D eigenvalue weighted by atomic mass is 35.5. The Morgan fingerprint density at radius 3 is 2.39 bits per heavy atom. The monoisotopic (exact) mass is 261 g/mol. The average Bonchev–Trinajstić information content (AvgIpc) is 2.36. The molecule has 92 valence electrons. The molecule has 1 heterocycles. The van der Waals surface area contributed by atoms with Crippen LogP contribution in [0.15, 0.2) is 30.6 Å². The molecule has 0 aliphatic carbocycles. The number of hydrogen-bond acceptors (Lipinski definition) is 3. The molecule has 0 fully saturated rings. The molecule has 0 saturated heterocycles. The number of aryl methyl sites for hydroxylation is 2. The molecule has 2 rings (SSSR count). The fourth-order valence-corrected chi connectivity index (χ4v) is 1.77. The Bertz CT molecular complexity index is 573. The zero-order valence-corrected chi connectivity index (χ0v) is 10.9. The highest BCUT2D eigenvalue weighted by Crippen LogP contribution is 2.28. The van der Waals surface area contributed by atoms with Gasteiger partial charge in [0.15, 0.2) is 6.29 Å². The second-order valence-corrected chi connectivity index (χ2v) is 4.42. The van der Waals surface area contributed by atoms with E-state index in [1.165, 1.54) is 6.20 Å². The van der Waals surface area contributed by atoms with Crippen LogP contribution >= 0.6 is 11.6 Å². The number of halogens is 1. The zero-order chi connectivity index (χ0) is 13.1. The van der Waals surface area contributed by atoms with Gasteiger partial charge in [-0.2, -0.15) is 0 Å². The first kappa shape index (κ1) is 12.6. The van der Waals surface area contributed by atoms with Gasteiger partial charge < -0.3 is 4.74 Å². The lowest BCUT2D eigenvalue weighted by atomic mass is 10.1. The summed E-state index contributed by atoms with van der Waals surface area (Å²) < 4.78 is 5.66. The first-order chi connectivity index (χ1) is 8.60. The topological polar surface area (TPSA) is 39.2 Å². The van der Waals surface area contributed by atoms with Crippen LogP contribution in [-0.2, 0) is 0 Å². The van der Waals surface area contributed by atoms with Gasteiger partial charge in [0, 0.05) is 16.8 Å². The molecule has 0 aliphatic heterocycles. The summed E-state index contributed by atoms with van der Waals surface area (Å²) >= 11 is 6.09. The lowest BCUT2D eigenvalue weighted by molar-refractivity contribution is 0.112. The van der Waals surface area contributed by atoms with E-state index in [2.05, 4.69) is 4.98 Å². The molecule has 0 saturated carbocycles. The third kappa shape index (κ3) is 2.68. The normalized spacial score (nSPS) is 10.2. The molecule has 0 unspecified atom stereocenters. The second-order valence-electron chi connectivity index (χ2n) is 4.04. The Morgan fingerprint density at radius 1 is 1.11 bits per heavy atom. The van der Waals surface area contributed by atoms with Gasteiger partial charge in [0.2, 0.25) is 0 Å². The Balaban J connectivity index is 2.31. The number of ether oxygens (including phenoxy) is 1. The molecule has 0 aliphatic rings. The summed E-state index contributed by atoms with van der Waals surface area (Å²) in [5, 5.41) is 0.738. The van der Waals surface area contributed by atoms with Gasteiger partial charge in [0.25, 0.3) is 0 Å². The van der Waals surface area contributed by atoms with Crippen molar-refractivity contribution in [3.63, 3.8) is 0 Å². The zero-order valence-electron chi connectivity index (χ0n) is 10.1. The van der Waals surface area contributed by atoms with E-state index in [0.717, 1.165) is 22.4 Å². The van der Waals surface area contributed by atoms with Gasteiger partial charge in [-0.3, -0.25) is 9.78 Å². The average molecular weight is 262 g/mol. The molecular formula is C14H12ClNO2. The van der Waals surface area contributed by atoms with Crippen LogP contribution in [0.25, 0.3) is 0 Å². The molecule has 0 amide bonds. The van der Waals surface area contributed by atoms with Crippen molar-refractivity contribution >= 4 is 17.9 Å². The number of rotatable bonds is 3. The number of aldehydes is 1. The van der Waals surface area contributed by atoms with Crippen molar-refractivity contribution in [2.75, 3.05) is 0 Å². The minimum Gasteiger partial charge on any atom is -0.456 e. The quantitative estimate of drug-likeness (QED) is 0.785. The second kappa shape index (κ2) is 5.19. The molecule has 0 radical (unpaired) electrons. The summed E-state index contributed by atoms with van der Waals surface area (Å²) in [7, 11) is 0. The minimum atomic E-state index is 0.481. The number of benzene rings is 1. The van der Waals surface area contributed by atoms with Crippen molar-refractivity contribution in [1.82, 2.24) is 4.98 Å². The van der Waals surface area contributed by atoms with Crippen LogP contribution in [0.2, 0.25) is 5.02 Å². The lowest BCUT2D eigenvalue weighted by Crippen LogP contribution is -1.90. The third-order valence-corrected chi connectivity index (χ3v) is 3.11. The summed E-state index contributed by atoms with van der Waals surface area (Å²) in [6.07, 6.45) is 3.78. The maximum absolute atomic E-state index is 10.7. The minimum absolute atomic E-state index is 0.481. The Morgan fingerprint density at radius 2 is 1.78 bits per heavy atom. The Labute approximate surface area is 110 Å². The molecular weight excluding hydrogens is 250 g/mol. The molecule has 4 heteroatoms. The van der Waals surface area contributed by atoms with E-state index in [-0.39, 0.29) is 0 Å². The van der Waals surface area contributed by atoms with Gasteiger partial charge in [-0.1, -0.05) is 11.6 Å². The SMILES string of the molecule is Cc1cc(Oc2cncc(C=O)c2)cc(C)c1Cl. The van der Waals surface area contributed by atoms with Gasteiger partial charge >= 0.3 is 0 Å². The van der Waals surface area contributed by atoms with Crippen molar-refractivity contribution in [2.24, 2.45) is 0 Å². The number of aromatic nitrogens is 1. The van der Waals surface area contributed by atoms with Gasteiger partial charge in [-0.15, -0.1) is 0 Å². The van der Waals surface area contributed by atoms with Crippen LogP contribution in [0.1, 0.15) is 21.5 Å². The first-order valence-electron chi connectivity index (χ1n) is 5.45. The molecule has 3 nitrogen and oxygen atoms in total. The summed E-state index contributed by atoms with van der Waals surface area (Å²) in [4.78, 5) is 14.6. The number of carbonyl (C=O) groups is 1. The molecule has 0 spiro atoms. The first-order valence-corrected chi connectivity index (χ1v) is 5.83. The summed E-state index contributed by atoms with van der Waals surface area (Å²) in [6, 6.07) is 5.34. The molecule has 1 aromatic carbocycles. The highest BCUT2D eigenvalue weighted by molar-refractivity contribution is 6.32. The Kier molecular flexibility index (Phi) is 3.63. The maximum atomic E-state index is 10.7. The smallest absolute Gasteiger partial charge is 0.151 e. The summed E-state index contributed by atoms with van der Waals surface area (Å²) in [5.74, 6) is 1.21. The van der Waals surface area contributed by atoms with Crippen LogP contribution in [0.4, 0.5) is 0 Å². The number of hydrogen-bond donors (Lipinski definition) is 0. The van der Waals surface area contributed by atoms with Crippen molar-refractivity contribution in [3.05, 3.63) is 52.3 Å². The van der Waals surface area contributed by atoms with Crippen LogP contribution in [0.5, 0.6) is 11.5 Å². The van der Waals surface area contributed by atoms with Crippen molar-refractivity contribution in [1.29, 1.82) is 0 Å². The summed E-state index contributed by atoms with van der Waals surface area (Å²) in [6.45, 7) is 3.84. The predicted molar refractivity (Wildman–Crippen MR) is 70.6 cm³/mol. The van der Waals surface area contributed by atoms with Crippen molar-refractivity contribution < 1.29 is 9.53 Å². The predicted octanol–water partition coefficient (Wildman–Crippen LogP) is 3.96. The van der Waals surface area contributed by atoms with Gasteiger partial charge in [0.1, 0.15) is 11.5 Å². The van der Waals surface area contributed by atoms with E-state index in [1.54, 1.807) is 12.3 Å². The van der Waals surface area contributed by atoms with Crippen LogP contribution in [0.3, 0.4) is 0 Å². The van der Waals surface area contributed by atoms with E-state index < -0.39 is 0 Å². The maximum Gasteiger partial charge on any atom is 0.151 e.